The van der Waals surface area contributed by atoms with Crippen molar-refractivity contribution in [1.29, 1.82) is 0 Å². The molecule has 0 saturated carbocycles. The molecule has 1 amide bonds. The number of hydrogen-bond acceptors (Lipinski definition) is 7. The molecule has 1 aromatic heterocycles. The van der Waals surface area contributed by atoms with E-state index in [1.807, 2.05) is 43.4 Å². The van der Waals surface area contributed by atoms with Gasteiger partial charge in [0.1, 0.15) is 29.6 Å². The van der Waals surface area contributed by atoms with Crippen molar-refractivity contribution in [2.45, 2.75) is 58.2 Å². The number of rotatable bonds is 12. The Morgan fingerprint density at radius 3 is 1.98 bits per heavy atom. The minimum absolute atomic E-state index is 0.153. The van der Waals surface area contributed by atoms with Gasteiger partial charge in [-0.15, -0.1) is 0 Å². The van der Waals surface area contributed by atoms with Crippen LogP contribution in [0.1, 0.15) is 57.1 Å². The zero-order chi connectivity index (χ0) is 38.1. The van der Waals surface area contributed by atoms with E-state index in [9.17, 15) is 4.79 Å². The van der Waals surface area contributed by atoms with Crippen molar-refractivity contribution in [3.8, 4) is 39.9 Å². The van der Waals surface area contributed by atoms with E-state index in [4.69, 9.17) is 28.5 Å². The fourth-order valence-corrected chi connectivity index (χ4v) is 12.2. The van der Waals surface area contributed by atoms with Gasteiger partial charge in [-0.3, -0.25) is 4.79 Å². The van der Waals surface area contributed by atoms with Gasteiger partial charge >= 0.3 is 0 Å². The van der Waals surface area contributed by atoms with E-state index < -0.39 is 13.9 Å². The lowest BCUT2D eigenvalue weighted by Crippen LogP contribution is -2.66. The molecular weight excluding hydrogens is 750 g/mol. The summed E-state index contributed by atoms with van der Waals surface area (Å²) in [5.41, 5.74) is 2.59. The fourth-order valence-electron chi connectivity index (χ4n) is 7.10. The predicted molar refractivity (Wildman–Crippen MR) is 215 cm³/mol. The van der Waals surface area contributed by atoms with Crippen LogP contribution in [0.5, 0.6) is 23.0 Å². The molecule has 4 aromatic carbocycles. The van der Waals surface area contributed by atoms with E-state index in [1.165, 1.54) is 10.4 Å². The van der Waals surface area contributed by atoms with Crippen LogP contribution in [0.3, 0.4) is 0 Å². The normalized spacial score (nSPS) is 12.7. The average Bonchev–Trinajstić information content (AvgIpc) is 3.56. The molecule has 278 valence electrons. The first-order chi connectivity index (χ1) is 25.2. The van der Waals surface area contributed by atoms with Gasteiger partial charge in [0.05, 0.1) is 37.2 Å². The number of methoxy groups -OCH3 is 3. The molecule has 1 aliphatic rings. The Hall–Kier alpha value is -4.58. The fraction of sp³-hybridized carbons (Fsp3) is 0.333. The molecule has 0 bridgehead atoms. The summed E-state index contributed by atoms with van der Waals surface area (Å²) < 4.78 is 32.8. The largest absolute Gasteiger partial charge is 0.497 e. The van der Waals surface area contributed by atoms with Crippen molar-refractivity contribution in [1.82, 2.24) is 14.7 Å². The highest BCUT2D eigenvalue weighted by atomic mass is 79.9. The van der Waals surface area contributed by atoms with Crippen LogP contribution in [0.15, 0.2) is 95.5 Å². The average molecular weight is 799 g/mol. The minimum Gasteiger partial charge on any atom is -0.497 e. The van der Waals surface area contributed by atoms with Gasteiger partial charge < -0.3 is 28.3 Å². The van der Waals surface area contributed by atoms with Gasteiger partial charge in [0.25, 0.3) is 14.2 Å². The quantitative estimate of drug-likeness (QED) is 0.118. The predicted octanol–water partition coefficient (Wildman–Crippen LogP) is 8.04. The summed E-state index contributed by atoms with van der Waals surface area (Å²) in [6.45, 7) is 11.6. The van der Waals surface area contributed by atoms with Crippen molar-refractivity contribution < 1.29 is 28.2 Å². The Bertz CT molecular complexity index is 2030. The summed E-state index contributed by atoms with van der Waals surface area (Å²) in [5, 5.41) is 7.29. The topological polar surface area (TPSA) is 84.3 Å². The van der Waals surface area contributed by atoms with Gasteiger partial charge in [-0.2, -0.15) is 5.10 Å². The van der Waals surface area contributed by atoms with Crippen molar-refractivity contribution in [3.05, 3.63) is 107 Å². The molecule has 0 atom stereocenters. The molecule has 0 radical (unpaired) electrons. The third-order valence-corrected chi connectivity index (χ3v) is 16.0. The first-order valence-electron chi connectivity index (χ1n) is 17.6. The highest BCUT2D eigenvalue weighted by Crippen LogP contribution is 2.46. The van der Waals surface area contributed by atoms with Gasteiger partial charge in [0, 0.05) is 54.6 Å². The first kappa shape index (κ1) is 38.2. The lowest BCUT2D eigenvalue weighted by molar-refractivity contribution is 0.0570. The Morgan fingerprint density at radius 1 is 0.868 bits per heavy atom. The molecule has 11 heteroatoms. The van der Waals surface area contributed by atoms with E-state index in [2.05, 4.69) is 99.1 Å². The monoisotopic (exact) mass is 797 g/mol. The molecule has 0 saturated heterocycles. The third kappa shape index (κ3) is 7.09. The molecule has 0 aliphatic carbocycles. The number of nitrogens with zero attached hydrogens (tertiary/aromatic N) is 3. The second-order valence-electron chi connectivity index (χ2n) is 14.9. The number of carbonyl (C=O) groups is 1. The number of fused-ring (bicyclic) bond motifs is 3. The molecule has 9 nitrogen and oxygen atoms in total. The van der Waals surface area contributed by atoms with Crippen LogP contribution in [-0.2, 0) is 11.0 Å². The number of amides is 1. The van der Waals surface area contributed by atoms with Crippen LogP contribution in [0.4, 0.5) is 0 Å². The summed E-state index contributed by atoms with van der Waals surface area (Å²) >= 11 is 3.64. The SMILES string of the molecule is COc1cc(OC)cc(-n2nc(C(=O)N(C)C(C)(C)CCO[Si](c3ccccc3)(c3ccccc3)C(C)(C)C)c3c2-c2cc(Br)c(OC)cc2OC3)c1. The molecule has 6 rings (SSSR count). The first-order valence-corrected chi connectivity index (χ1v) is 20.3. The highest BCUT2D eigenvalue weighted by molar-refractivity contribution is 9.10. The maximum absolute atomic E-state index is 14.7. The van der Waals surface area contributed by atoms with Gasteiger partial charge in [0.2, 0.25) is 0 Å². The van der Waals surface area contributed by atoms with Gasteiger partial charge in [-0.1, -0.05) is 81.4 Å². The third-order valence-electron chi connectivity index (χ3n) is 10.3. The Morgan fingerprint density at radius 2 is 1.45 bits per heavy atom. The van der Waals surface area contributed by atoms with E-state index in [0.29, 0.717) is 53.0 Å². The number of halogens is 1. The number of benzene rings is 4. The maximum Gasteiger partial charge on any atom is 0.274 e. The second-order valence-corrected chi connectivity index (χ2v) is 20.0. The molecular formula is C42H48BrN3O6Si. The van der Waals surface area contributed by atoms with Crippen LogP contribution >= 0.6 is 15.9 Å². The van der Waals surface area contributed by atoms with Crippen LogP contribution in [0.2, 0.25) is 5.04 Å². The lowest BCUT2D eigenvalue weighted by Gasteiger charge is -2.44. The van der Waals surface area contributed by atoms with Crippen LogP contribution in [0, 0.1) is 0 Å². The molecule has 0 unspecified atom stereocenters. The Balaban J connectivity index is 1.37. The van der Waals surface area contributed by atoms with Crippen LogP contribution in [-0.4, -0.2) is 69.4 Å². The lowest BCUT2D eigenvalue weighted by atomic mass is 9.97. The highest BCUT2D eigenvalue weighted by Gasteiger charge is 2.50. The molecule has 0 spiro atoms. The zero-order valence-electron chi connectivity index (χ0n) is 32.0. The van der Waals surface area contributed by atoms with E-state index >= 15 is 0 Å². The smallest absolute Gasteiger partial charge is 0.274 e. The zero-order valence-corrected chi connectivity index (χ0v) is 34.5. The Kier molecular flexibility index (Phi) is 10.8. The van der Waals surface area contributed by atoms with Gasteiger partial charge in [0.15, 0.2) is 5.69 Å². The Labute approximate surface area is 322 Å². The van der Waals surface area contributed by atoms with Crippen molar-refractivity contribution in [3.63, 3.8) is 0 Å². The second kappa shape index (κ2) is 15.0. The van der Waals surface area contributed by atoms with Crippen molar-refractivity contribution in [2.24, 2.45) is 0 Å². The molecule has 2 heterocycles. The van der Waals surface area contributed by atoms with E-state index in [1.54, 1.807) is 37.0 Å². The van der Waals surface area contributed by atoms with Crippen LogP contribution in [0.25, 0.3) is 16.9 Å². The number of ether oxygens (including phenoxy) is 4. The van der Waals surface area contributed by atoms with E-state index in [0.717, 1.165) is 15.7 Å². The van der Waals surface area contributed by atoms with Crippen molar-refractivity contribution in [2.75, 3.05) is 35.0 Å². The number of carbonyl (C=O) groups excluding carboxylic acids is 1. The molecule has 1 aliphatic heterocycles. The van der Waals surface area contributed by atoms with Crippen LogP contribution < -0.4 is 29.3 Å². The standard InChI is InChI=1S/C42H48BrN3O6Si/c1-41(2,3)53(31-16-12-10-13-17-31,32-18-14-11-15-19-32)52-21-20-42(4,5)45(6)40(47)38-34-27-51-36-26-37(50-9)35(43)25-33(36)39(34)46(44-38)28-22-29(48-7)24-30(23-28)49-8/h10-19,22-26H,20-21,27H2,1-9H3. The molecule has 0 fully saturated rings. The molecule has 0 N–H and O–H groups in total. The van der Waals surface area contributed by atoms with Gasteiger partial charge in [-0.25, -0.2) is 4.68 Å². The van der Waals surface area contributed by atoms with Gasteiger partial charge in [-0.05, 0) is 57.7 Å². The van der Waals surface area contributed by atoms with E-state index in [-0.39, 0.29) is 17.6 Å². The van der Waals surface area contributed by atoms with Crippen molar-refractivity contribution >= 4 is 40.5 Å². The summed E-state index contributed by atoms with van der Waals surface area (Å²) in [7, 11) is 3.90. The summed E-state index contributed by atoms with van der Waals surface area (Å²) in [5.74, 6) is 2.24. The number of hydrogen-bond donors (Lipinski definition) is 0. The molecule has 5 aromatic rings. The minimum atomic E-state index is -2.76. The number of aromatic nitrogens is 2. The molecule has 53 heavy (non-hydrogen) atoms. The summed E-state index contributed by atoms with van der Waals surface area (Å²) in [4.78, 5) is 16.5. The summed E-state index contributed by atoms with van der Waals surface area (Å²) in [6, 6.07) is 30.5. The summed E-state index contributed by atoms with van der Waals surface area (Å²) in [6.07, 6.45) is 0.599. The maximum atomic E-state index is 14.7.